The van der Waals surface area contributed by atoms with Crippen molar-refractivity contribution in [1.29, 1.82) is 0 Å². The topological polar surface area (TPSA) is 29.3 Å². The summed E-state index contributed by atoms with van der Waals surface area (Å²) < 4.78 is 0. The normalized spacial score (nSPS) is 30.5. The van der Waals surface area contributed by atoms with Gasteiger partial charge in [-0.25, -0.2) is 0 Å². The van der Waals surface area contributed by atoms with Crippen LogP contribution in [0.25, 0.3) is 0 Å². The molecule has 0 bridgehead atoms. The standard InChI is InChI=1S/C15H32N2/c1-6-13(2)11-17(5)15(12-16)10-8-7-9-14(15,3)4/h13H,6-12,16H2,1-5H3. The van der Waals surface area contributed by atoms with Crippen molar-refractivity contribution in [2.75, 3.05) is 20.1 Å². The Hall–Kier alpha value is -0.0800. The Balaban J connectivity index is 2.85. The Morgan fingerprint density at radius 3 is 2.29 bits per heavy atom. The van der Waals surface area contributed by atoms with Crippen molar-refractivity contribution in [2.24, 2.45) is 17.1 Å². The maximum absolute atomic E-state index is 6.19. The SMILES string of the molecule is CCC(C)CN(C)C1(CN)CCCCC1(C)C. The van der Waals surface area contributed by atoms with Crippen molar-refractivity contribution >= 4 is 0 Å². The lowest BCUT2D eigenvalue weighted by Gasteiger charge is -2.55. The van der Waals surface area contributed by atoms with Crippen molar-refractivity contribution in [2.45, 2.75) is 65.3 Å². The Morgan fingerprint density at radius 2 is 1.82 bits per heavy atom. The van der Waals surface area contributed by atoms with E-state index >= 15 is 0 Å². The fraction of sp³-hybridized carbons (Fsp3) is 1.00. The van der Waals surface area contributed by atoms with Gasteiger partial charge in [-0.15, -0.1) is 0 Å². The molecule has 0 amide bonds. The molecular weight excluding hydrogens is 208 g/mol. The molecule has 0 heterocycles. The summed E-state index contributed by atoms with van der Waals surface area (Å²) >= 11 is 0. The van der Waals surface area contributed by atoms with E-state index in [1.54, 1.807) is 0 Å². The van der Waals surface area contributed by atoms with E-state index in [1.807, 2.05) is 0 Å². The summed E-state index contributed by atoms with van der Waals surface area (Å²) in [4.78, 5) is 2.57. The van der Waals surface area contributed by atoms with Crippen LogP contribution in [0.3, 0.4) is 0 Å². The van der Waals surface area contributed by atoms with Crippen LogP contribution in [0, 0.1) is 11.3 Å². The number of hydrogen-bond donors (Lipinski definition) is 1. The third-order valence-electron chi connectivity index (χ3n) is 5.25. The van der Waals surface area contributed by atoms with E-state index in [0.29, 0.717) is 5.41 Å². The molecule has 0 saturated heterocycles. The lowest BCUT2D eigenvalue weighted by atomic mass is 9.62. The molecule has 1 fully saturated rings. The minimum Gasteiger partial charge on any atom is -0.329 e. The van der Waals surface area contributed by atoms with Crippen molar-refractivity contribution in [3.63, 3.8) is 0 Å². The molecule has 2 atom stereocenters. The molecule has 1 saturated carbocycles. The maximum atomic E-state index is 6.19. The predicted molar refractivity (Wildman–Crippen MR) is 76.1 cm³/mol. The van der Waals surface area contributed by atoms with Gasteiger partial charge in [-0.2, -0.15) is 0 Å². The smallest absolute Gasteiger partial charge is 0.0379 e. The van der Waals surface area contributed by atoms with Gasteiger partial charge < -0.3 is 5.73 Å². The average Bonchev–Trinajstić information content (AvgIpc) is 2.28. The number of hydrogen-bond acceptors (Lipinski definition) is 2. The van der Waals surface area contributed by atoms with E-state index in [0.717, 1.165) is 12.5 Å². The predicted octanol–water partition coefficient (Wildman–Crippen LogP) is 3.26. The molecule has 2 unspecified atom stereocenters. The first kappa shape index (κ1) is 15.0. The Kier molecular flexibility index (Phi) is 5.03. The summed E-state index contributed by atoms with van der Waals surface area (Å²) in [5.41, 5.74) is 6.76. The molecule has 0 aromatic heterocycles. The van der Waals surface area contributed by atoms with Gasteiger partial charge in [0.15, 0.2) is 0 Å². The second-order valence-corrected chi connectivity index (χ2v) is 6.72. The Labute approximate surface area is 108 Å². The molecule has 0 aromatic rings. The van der Waals surface area contributed by atoms with Crippen LogP contribution < -0.4 is 5.73 Å². The summed E-state index contributed by atoms with van der Waals surface area (Å²) in [7, 11) is 2.28. The van der Waals surface area contributed by atoms with Gasteiger partial charge in [-0.3, -0.25) is 4.90 Å². The molecule has 0 aromatic carbocycles. The van der Waals surface area contributed by atoms with E-state index in [9.17, 15) is 0 Å². The van der Waals surface area contributed by atoms with Crippen LogP contribution in [-0.2, 0) is 0 Å². The molecular formula is C15H32N2. The van der Waals surface area contributed by atoms with Crippen LogP contribution in [0.1, 0.15) is 59.8 Å². The van der Waals surface area contributed by atoms with Crippen LogP contribution in [0.15, 0.2) is 0 Å². The molecule has 2 N–H and O–H groups in total. The first-order valence-electron chi connectivity index (χ1n) is 7.31. The Bertz CT molecular complexity index is 237. The summed E-state index contributed by atoms with van der Waals surface area (Å²) in [6.45, 7) is 11.4. The number of nitrogens with two attached hydrogens (primary N) is 1. The zero-order chi connectivity index (χ0) is 13.1. The molecule has 0 radical (unpaired) electrons. The molecule has 2 heteroatoms. The van der Waals surface area contributed by atoms with Crippen LogP contribution in [0.4, 0.5) is 0 Å². The van der Waals surface area contributed by atoms with Gasteiger partial charge in [0.05, 0.1) is 0 Å². The molecule has 1 aliphatic carbocycles. The summed E-state index contributed by atoms with van der Waals surface area (Å²) in [5, 5.41) is 0. The van der Waals surface area contributed by atoms with Gasteiger partial charge >= 0.3 is 0 Å². The molecule has 2 nitrogen and oxygen atoms in total. The van der Waals surface area contributed by atoms with Gasteiger partial charge in [0.25, 0.3) is 0 Å². The third-order valence-corrected chi connectivity index (χ3v) is 5.25. The summed E-state index contributed by atoms with van der Waals surface area (Å²) in [6, 6.07) is 0. The summed E-state index contributed by atoms with van der Waals surface area (Å²) in [6.07, 6.45) is 6.54. The first-order chi connectivity index (χ1) is 7.89. The number of nitrogens with zero attached hydrogens (tertiary/aromatic N) is 1. The van der Waals surface area contributed by atoms with Crippen molar-refractivity contribution < 1.29 is 0 Å². The van der Waals surface area contributed by atoms with Crippen LogP contribution in [0.2, 0.25) is 0 Å². The molecule has 17 heavy (non-hydrogen) atoms. The maximum Gasteiger partial charge on any atom is 0.0379 e. The van der Waals surface area contributed by atoms with Gasteiger partial charge in [-0.05, 0) is 31.2 Å². The van der Waals surface area contributed by atoms with Crippen molar-refractivity contribution in [1.82, 2.24) is 4.90 Å². The molecule has 1 rings (SSSR count). The number of likely N-dealkylation sites (N-methyl/N-ethyl adjacent to an activating group) is 1. The van der Waals surface area contributed by atoms with E-state index in [1.165, 1.54) is 38.6 Å². The van der Waals surface area contributed by atoms with Crippen LogP contribution >= 0.6 is 0 Å². The van der Waals surface area contributed by atoms with Crippen LogP contribution in [-0.4, -0.2) is 30.6 Å². The van der Waals surface area contributed by atoms with Gasteiger partial charge in [-0.1, -0.05) is 47.0 Å². The highest BCUT2D eigenvalue weighted by molar-refractivity contribution is 5.04. The quantitative estimate of drug-likeness (QED) is 0.799. The highest BCUT2D eigenvalue weighted by Gasteiger charge is 2.48. The molecule has 102 valence electrons. The lowest BCUT2D eigenvalue weighted by Crippen LogP contribution is -2.63. The average molecular weight is 240 g/mol. The second-order valence-electron chi connectivity index (χ2n) is 6.72. The highest BCUT2D eigenvalue weighted by Crippen LogP contribution is 2.46. The largest absolute Gasteiger partial charge is 0.329 e. The zero-order valence-electron chi connectivity index (χ0n) is 12.6. The van der Waals surface area contributed by atoms with Gasteiger partial charge in [0, 0.05) is 18.6 Å². The highest BCUT2D eigenvalue weighted by atomic mass is 15.2. The van der Waals surface area contributed by atoms with Crippen molar-refractivity contribution in [3.05, 3.63) is 0 Å². The van der Waals surface area contributed by atoms with E-state index in [-0.39, 0.29) is 5.54 Å². The van der Waals surface area contributed by atoms with E-state index < -0.39 is 0 Å². The fourth-order valence-electron chi connectivity index (χ4n) is 3.57. The van der Waals surface area contributed by atoms with E-state index in [4.69, 9.17) is 5.73 Å². The molecule has 1 aliphatic rings. The lowest BCUT2D eigenvalue weighted by molar-refractivity contribution is -0.0351. The van der Waals surface area contributed by atoms with Gasteiger partial charge in [0.1, 0.15) is 0 Å². The zero-order valence-corrected chi connectivity index (χ0v) is 12.6. The fourth-order valence-corrected chi connectivity index (χ4v) is 3.57. The second kappa shape index (κ2) is 5.71. The molecule has 0 spiro atoms. The minimum absolute atomic E-state index is 0.217. The Morgan fingerprint density at radius 1 is 1.24 bits per heavy atom. The third kappa shape index (κ3) is 2.85. The monoisotopic (exact) mass is 240 g/mol. The molecule has 0 aliphatic heterocycles. The number of rotatable bonds is 5. The van der Waals surface area contributed by atoms with E-state index in [2.05, 4.69) is 39.6 Å². The van der Waals surface area contributed by atoms with Crippen molar-refractivity contribution in [3.8, 4) is 0 Å². The first-order valence-corrected chi connectivity index (χ1v) is 7.31. The summed E-state index contributed by atoms with van der Waals surface area (Å²) in [5.74, 6) is 0.765. The minimum atomic E-state index is 0.217. The van der Waals surface area contributed by atoms with Gasteiger partial charge in [0.2, 0.25) is 0 Å². The van der Waals surface area contributed by atoms with Crippen LogP contribution in [0.5, 0.6) is 0 Å².